The smallest absolute Gasteiger partial charge is 0.332 e. The van der Waals surface area contributed by atoms with E-state index in [4.69, 9.17) is 15.6 Å². The maximum absolute atomic E-state index is 12.8. The van der Waals surface area contributed by atoms with E-state index < -0.39 is 17.5 Å². The lowest BCUT2D eigenvalue weighted by atomic mass is 9.84. The van der Waals surface area contributed by atoms with E-state index in [1.165, 1.54) is 14.2 Å². The van der Waals surface area contributed by atoms with E-state index in [2.05, 4.69) is 23.5 Å². The van der Waals surface area contributed by atoms with Gasteiger partial charge in [-0.25, -0.2) is 4.79 Å². The van der Waals surface area contributed by atoms with Crippen molar-refractivity contribution >= 4 is 29.5 Å². The molecule has 0 radical (unpaired) electrons. The molecule has 1 saturated heterocycles. The summed E-state index contributed by atoms with van der Waals surface area (Å²) in [5, 5.41) is 8.47. The molecule has 1 heterocycles. The van der Waals surface area contributed by atoms with Crippen molar-refractivity contribution in [2.24, 2.45) is 17.6 Å². The van der Waals surface area contributed by atoms with Gasteiger partial charge < -0.3 is 25.2 Å². The monoisotopic (exact) mass is 535 g/mol. The van der Waals surface area contributed by atoms with Gasteiger partial charge >= 0.3 is 17.9 Å². The standard InChI is InChI=1S/C20H28N2O5.C8H17NO2/c1-4-17(23)22(16-8-6-5-7-9-16)20(19(25)27-3)11-14-21(15-12-20)13-10-18(24)26-2;1-6(2)3-7(5-9)4-8(10)11/h5-9H,4,10-15H2,1-3H3;6-7H,3-5,9H2,1-2H3,(H,10,11)/t;7-/m.0/s1. The molecule has 0 unspecified atom stereocenters. The predicted octanol–water partition coefficient (Wildman–Crippen LogP) is 3.08. The van der Waals surface area contributed by atoms with E-state index in [9.17, 15) is 19.2 Å². The minimum absolute atomic E-state index is 0.116. The van der Waals surface area contributed by atoms with Crippen LogP contribution in [0.25, 0.3) is 0 Å². The number of para-hydroxylation sites is 1. The van der Waals surface area contributed by atoms with Crippen molar-refractivity contribution < 1.29 is 33.8 Å². The number of nitrogens with two attached hydrogens (primary N) is 1. The molecule has 1 amide bonds. The molecule has 0 bridgehead atoms. The Kier molecular flexibility index (Phi) is 14.6. The summed E-state index contributed by atoms with van der Waals surface area (Å²) < 4.78 is 9.80. The number of carboxylic acid groups (broad SMARTS) is 1. The van der Waals surface area contributed by atoms with Crippen LogP contribution in [0.5, 0.6) is 0 Å². The SMILES string of the molecule is CC(C)C[C@H](CN)CC(=O)O.CCC(=O)N(c1ccccc1)C1(C(=O)OC)CCN(CCC(=O)OC)CC1. The number of carbonyl (C=O) groups excluding carboxylic acids is 3. The number of rotatable bonds is 12. The van der Waals surface area contributed by atoms with Gasteiger partial charge in [0.1, 0.15) is 5.54 Å². The van der Waals surface area contributed by atoms with Crippen LogP contribution in [0.2, 0.25) is 0 Å². The minimum atomic E-state index is -1.04. The highest BCUT2D eigenvalue weighted by molar-refractivity contribution is 6.02. The number of ether oxygens (including phenoxy) is 2. The highest BCUT2D eigenvalue weighted by Crippen LogP contribution is 2.35. The maximum Gasteiger partial charge on any atom is 0.332 e. The zero-order valence-electron chi connectivity index (χ0n) is 23.5. The first-order chi connectivity index (χ1) is 18.0. The average molecular weight is 536 g/mol. The lowest BCUT2D eigenvalue weighted by molar-refractivity contribution is -0.151. The van der Waals surface area contributed by atoms with E-state index >= 15 is 0 Å². The van der Waals surface area contributed by atoms with Crippen LogP contribution in [0, 0.1) is 11.8 Å². The molecule has 1 fully saturated rings. The molecule has 1 aliphatic heterocycles. The fourth-order valence-corrected chi connectivity index (χ4v) is 4.75. The summed E-state index contributed by atoms with van der Waals surface area (Å²) in [6.07, 6.45) is 2.60. The summed E-state index contributed by atoms with van der Waals surface area (Å²) in [6, 6.07) is 9.24. The molecule has 38 heavy (non-hydrogen) atoms. The lowest BCUT2D eigenvalue weighted by Gasteiger charge is -2.46. The van der Waals surface area contributed by atoms with Gasteiger partial charge in [-0.2, -0.15) is 0 Å². The number of hydrogen-bond donors (Lipinski definition) is 2. The zero-order valence-corrected chi connectivity index (χ0v) is 23.5. The highest BCUT2D eigenvalue weighted by atomic mass is 16.5. The van der Waals surface area contributed by atoms with Crippen LogP contribution in [-0.4, -0.2) is 79.8 Å². The van der Waals surface area contributed by atoms with Crippen molar-refractivity contribution in [3.63, 3.8) is 0 Å². The molecule has 3 N–H and O–H groups in total. The average Bonchev–Trinajstić information content (AvgIpc) is 2.91. The fraction of sp³-hybridized carbons (Fsp3) is 0.643. The van der Waals surface area contributed by atoms with E-state index in [1.54, 1.807) is 11.8 Å². The topological polar surface area (TPSA) is 139 Å². The van der Waals surface area contributed by atoms with Gasteiger partial charge in [0, 0.05) is 38.2 Å². The van der Waals surface area contributed by atoms with Crippen LogP contribution in [-0.2, 0) is 28.7 Å². The predicted molar refractivity (Wildman–Crippen MR) is 146 cm³/mol. The number of piperidine rings is 1. The van der Waals surface area contributed by atoms with Crippen LogP contribution >= 0.6 is 0 Å². The molecule has 0 aliphatic carbocycles. The number of nitrogens with zero attached hydrogens (tertiary/aromatic N) is 2. The Morgan fingerprint density at radius 1 is 1.08 bits per heavy atom. The minimum Gasteiger partial charge on any atom is -0.481 e. The molecule has 0 saturated carbocycles. The second-order valence-electron chi connectivity index (χ2n) is 9.94. The highest BCUT2D eigenvalue weighted by Gasteiger charge is 2.49. The number of anilines is 1. The van der Waals surface area contributed by atoms with E-state index in [-0.39, 0.29) is 24.2 Å². The number of amides is 1. The lowest BCUT2D eigenvalue weighted by Crippen LogP contribution is -2.62. The summed E-state index contributed by atoms with van der Waals surface area (Å²) in [5.74, 6) is -0.848. The molecule has 1 aliphatic rings. The van der Waals surface area contributed by atoms with Crippen molar-refractivity contribution in [3.05, 3.63) is 30.3 Å². The third-order valence-corrected chi connectivity index (χ3v) is 6.70. The van der Waals surface area contributed by atoms with Crippen molar-refractivity contribution in [2.45, 2.75) is 64.8 Å². The molecule has 1 atom stereocenters. The first kappa shape index (κ1) is 33.0. The van der Waals surface area contributed by atoms with Gasteiger partial charge in [-0.3, -0.25) is 19.3 Å². The number of hydrogen-bond acceptors (Lipinski definition) is 8. The van der Waals surface area contributed by atoms with Crippen molar-refractivity contribution in [2.75, 3.05) is 45.3 Å². The molecule has 0 spiro atoms. The first-order valence-electron chi connectivity index (χ1n) is 13.2. The fourth-order valence-electron chi connectivity index (χ4n) is 4.75. The van der Waals surface area contributed by atoms with E-state index in [0.717, 1.165) is 6.42 Å². The number of methoxy groups -OCH3 is 2. The molecular formula is C28H45N3O7. The number of carbonyl (C=O) groups is 4. The first-order valence-corrected chi connectivity index (χ1v) is 13.2. The van der Waals surface area contributed by atoms with Crippen LogP contribution in [0.15, 0.2) is 30.3 Å². The number of aliphatic carboxylic acids is 1. The Bertz CT molecular complexity index is 884. The summed E-state index contributed by atoms with van der Waals surface area (Å²) in [5.41, 5.74) is 5.06. The molecule has 214 valence electrons. The van der Waals surface area contributed by atoms with Crippen molar-refractivity contribution in [1.82, 2.24) is 4.90 Å². The van der Waals surface area contributed by atoms with Crippen LogP contribution in [0.3, 0.4) is 0 Å². The normalized spacial score (nSPS) is 15.6. The largest absolute Gasteiger partial charge is 0.481 e. The maximum atomic E-state index is 12.8. The van der Waals surface area contributed by atoms with Gasteiger partial charge in [0.15, 0.2) is 0 Å². The number of likely N-dealkylation sites (tertiary alicyclic amines) is 1. The van der Waals surface area contributed by atoms with Crippen LogP contribution < -0.4 is 10.6 Å². The number of carboxylic acids is 1. The van der Waals surface area contributed by atoms with Gasteiger partial charge in [-0.1, -0.05) is 39.0 Å². The second-order valence-corrected chi connectivity index (χ2v) is 9.94. The van der Waals surface area contributed by atoms with Gasteiger partial charge in [0.25, 0.3) is 0 Å². The third kappa shape index (κ3) is 10.1. The van der Waals surface area contributed by atoms with Crippen LogP contribution in [0.1, 0.15) is 59.3 Å². The second kappa shape index (κ2) is 16.8. The molecule has 10 nitrogen and oxygen atoms in total. The van der Waals surface area contributed by atoms with E-state index in [0.29, 0.717) is 63.5 Å². The third-order valence-electron chi connectivity index (χ3n) is 6.70. The summed E-state index contributed by atoms with van der Waals surface area (Å²) in [4.78, 5) is 51.0. The molecular weight excluding hydrogens is 490 g/mol. The molecule has 0 aromatic heterocycles. The van der Waals surface area contributed by atoms with Crippen molar-refractivity contribution in [3.8, 4) is 0 Å². The Morgan fingerprint density at radius 2 is 1.68 bits per heavy atom. The molecule has 10 heteroatoms. The quantitative estimate of drug-likeness (QED) is 0.386. The van der Waals surface area contributed by atoms with Gasteiger partial charge in [0.05, 0.1) is 20.6 Å². The Hall–Kier alpha value is -2.98. The van der Waals surface area contributed by atoms with Gasteiger partial charge in [0.2, 0.25) is 5.91 Å². The Balaban J connectivity index is 0.000000554. The zero-order chi connectivity index (χ0) is 28.7. The molecule has 1 aromatic carbocycles. The van der Waals surface area contributed by atoms with Crippen LogP contribution in [0.4, 0.5) is 5.69 Å². The summed E-state index contributed by atoms with van der Waals surface area (Å²) in [6.45, 7) is 8.16. The van der Waals surface area contributed by atoms with Gasteiger partial charge in [-0.15, -0.1) is 0 Å². The molecule has 1 aromatic rings. The Morgan fingerprint density at radius 3 is 2.13 bits per heavy atom. The number of benzene rings is 1. The Labute approximate surface area is 226 Å². The van der Waals surface area contributed by atoms with E-state index in [1.807, 2.05) is 30.3 Å². The van der Waals surface area contributed by atoms with Crippen molar-refractivity contribution in [1.29, 1.82) is 0 Å². The van der Waals surface area contributed by atoms with Gasteiger partial charge in [-0.05, 0) is 49.8 Å². The number of esters is 2. The summed E-state index contributed by atoms with van der Waals surface area (Å²) in [7, 11) is 2.72. The molecule has 2 rings (SSSR count). The summed E-state index contributed by atoms with van der Waals surface area (Å²) >= 11 is 0.